The average Bonchev–Trinajstić information content (AvgIpc) is 2.54. The Bertz CT molecular complexity index is 469. The molecule has 1 aliphatic rings. The van der Waals surface area contributed by atoms with E-state index in [1.54, 1.807) is 0 Å². The van der Waals surface area contributed by atoms with Gasteiger partial charge in [0.2, 0.25) is 0 Å². The summed E-state index contributed by atoms with van der Waals surface area (Å²) in [5.74, 6) is -0.533. The van der Waals surface area contributed by atoms with E-state index in [2.05, 4.69) is 10.4 Å². The molecule has 0 fully saturated rings. The highest BCUT2D eigenvalue weighted by Gasteiger charge is 2.31. The number of carbonyl (C=O) groups excluding carboxylic acids is 2. The molecule has 1 aliphatic heterocycles. The molecule has 1 aromatic rings. The number of fused-ring (bicyclic) bond motifs is 1. The summed E-state index contributed by atoms with van der Waals surface area (Å²) in [5, 5.41) is 15.8. The quantitative estimate of drug-likeness (QED) is 0.579. The van der Waals surface area contributed by atoms with Crippen LogP contribution in [0.2, 0.25) is 0 Å². The lowest BCUT2D eigenvalue weighted by Crippen LogP contribution is -2.46. The van der Waals surface area contributed by atoms with Crippen molar-refractivity contribution >= 4 is 34.3 Å². The smallest absolute Gasteiger partial charge is 0.270 e. The van der Waals surface area contributed by atoms with Crippen molar-refractivity contribution in [2.24, 2.45) is 0 Å². The standard InChI is InChI=1S/C9H10IN3O3/c1-4(15)6-7-9(16)11-5(3-14)2-13(7)12-8(6)10/h5,14H,2-3H2,1H3,(H,11,16). The molecule has 1 amide bonds. The average molecular weight is 335 g/mol. The molecule has 6 nitrogen and oxygen atoms in total. The van der Waals surface area contributed by atoms with Crippen LogP contribution in [-0.4, -0.2) is 39.2 Å². The predicted molar refractivity (Wildman–Crippen MR) is 63.3 cm³/mol. The highest BCUT2D eigenvalue weighted by molar-refractivity contribution is 14.1. The third-order valence-electron chi connectivity index (χ3n) is 2.43. The second kappa shape index (κ2) is 4.13. The molecule has 16 heavy (non-hydrogen) atoms. The summed E-state index contributed by atoms with van der Waals surface area (Å²) in [6.07, 6.45) is 0. The van der Waals surface area contributed by atoms with Gasteiger partial charge in [-0.25, -0.2) is 0 Å². The van der Waals surface area contributed by atoms with E-state index in [-0.39, 0.29) is 24.3 Å². The number of hydrogen-bond acceptors (Lipinski definition) is 4. The van der Waals surface area contributed by atoms with Crippen molar-refractivity contribution in [2.75, 3.05) is 6.61 Å². The van der Waals surface area contributed by atoms with E-state index in [4.69, 9.17) is 5.11 Å². The van der Waals surface area contributed by atoms with E-state index < -0.39 is 0 Å². The number of carbonyl (C=O) groups is 2. The fraction of sp³-hybridized carbons (Fsp3) is 0.444. The molecule has 0 spiro atoms. The van der Waals surface area contributed by atoms with Gasteiger partial charge >= 0.3 is 0 Å². The maximum Gasteiger partial charge on any atom is 0.270 e. The first-order valence-corrected chi connectivity index (χ1v) is 5.81. The molecule has 1 unspecified atom stereocenters. The molecule has 2 rings (SSSR count). The molecule has 86 valence electrons. The van der Waals surface area contributed by atoms with Crippen LogP contribution in [-0.2, 0) is 6.54 Å². The number of nitrogens with zero attached hydrogens (tertiary/aromatic N) is 2. The molecule has 0 saturated carbocycles. The van der Waals surface area contributed by atoms with Crippen molar-refractivity contribution in [1.82, 2.24) is 15.1 Å². The molecule has 7 heteroatoms. The van der Waals surface area contributed by atoms with Crippen LogP contribution in [0.1, 0.15) is 27.8 Å². The van der Waals surface area contributed by atoms with Crippen molar-refractivity contribution < 1.29 is 14.7 Å². The first-order valence-electron chi connectivity index (χ1n) is 4.73. The number of aliphatic hydroxyl groups is 1. The van der Waals surface area contributed by atoms with E-state index in [1.165, 1.54) is 11.6 Å². The van der Waals surface area contributed by atoms with Crippen molar-refractivity contribution in [3.63, 3.8) is 0 Å². The van der Waals surface area contributed by atoms with Gasteiger partial charge in [-0.2, -0.15) is 5.10 Å². The summed E-state index contributed by atoms with van der Waals surface area (Å²) in [4.78, 5) is 23.2. The number of aromatic nitrogens is 2. The molecule has 2 heterocycles. The summed E-state index contributed by atoms with van der Waals surface area (Å²) in [5.41, 5.74) is 0.649. The number of amides is 1. The van der Waals surface area contributed by atoms with Gasteiger partial charge in [-0.05, 0) is 29.5 Å². The molecular weight excluding hydrogens is 325 g/mol. The van der Waals surface area contributed by atoms with Crippen LogP contribution in [0.25, 0.3) is 0 Å². The molecule has 0 radical (unpaired) electrons. The fourth-order valence-corrected chi connectivity index (χ4v) is 2.61. The van der Waals surface area contributed by atoms with Crippen LogP contribution in [0.3, 0.4) is 0 Å². The molecule has 0 aromatic carbocycles. The number of rotatable bonds is 2. The SMILES string of the molecule is CC(=O)c1c(I)nn2c1C(=O)NC(CO)C2. The van der Waals surface area contributed by atoms with E-state index in [1.807, 2.05) is 22.6 Å². The van der Waals surface area contributed by atoms with E-state index >= 15 is 0 Å². The third-order valence-corrected chi connectivity index (χ3v) is 3.18. The Labute approximate surface area is 105 Å². The predicted octanol–water partition coefficient (Wildman–Crippen LogP) is -0.205. The van der Waals surface area contributed by atoms with E-state index in [0.717, 1.165) is 0 Å². The second-order valence-corrected chi connectivity index (χ2v) is 4.63. The maximum absolute atomic E-state index is 11.8. The number of nitrogens with one attached hydrogen (secondary N) is 1. The van der Waals surface area contributed by atoms with Crippen molar-refractivity contribution in [3.8, 4) is 0 Å². The summed E-state index contributed by atoms with van der Waals surface area (Å²) >= 11 is 1.93. The van der Waals surface area contributed by atoms with Gasteiger partial charge < -0.3 is 10.4 Å². The number of aliphatic hydroxyl groups excluding tert-OH is 1. The number of hydrogen-bond donors (Lipinski definition) is 2. The van der Waals surface area contributed by atoms with Gasteiger partial charge in [-0.15, -0.1) is 0 Å². The van der Waals surface area contributed by atoms with E-state index in [0.29, 0.717) is 21.5 Å². The van der Waals surface area contributed by atoms with Gasteiger partial charge in [0.05, 0.1) is 24.8 Å². The number of Topliss-reactive ketones (excluding diaryl/α,β-unsaturated/α-hetero) is 1. The largest absolute Gasteiger partial charge is 0.394 e. The Kier molecular flexibility index (Phi) is 2.98. The normalized spacial score (nSPS) is 19.2. The fourth-order valence-electron chi connectivity index (χ4n) is 1.72. The molecule has 0 aliphatic carbocycles. The third kappa shape index (κ3) is 1.73. The Morgan fingerprint density at radius 2 is 2.44 bits per heavy atom. The van der Waals surface area contributed by atoms with Crippen LogP contribution in [0.5, 0.6) is 0 Å². The van der Waals surface area contributed by atoms with Crippen LogP contribution in [0.4, 0.5) is 0 Å². The van der Waals surface area contributed by atoms with Crippen molar-refractivity contribution in [2.45, 2.75) is 19.5 Å². The molecule has 0 saturated heterocycles. The van der Waals surface area contributed by atoms with Gasteiger partial charge in [0.1, 0.15) is 9.39 Å². The van der Waals surface area contributed by atoms with Gasteiger partial charge in [0, 0.05) is 0 Å². The Balaban J connectivity index is 2.52. The van der Waals surface area contributed by atoms with Crippen molar-refractivity contribution in [3.05, 3.63) is 15.0 Å². The summed E-state index contributed by atoms with van der Waals surface area (Å²) in [6, 6.07) is -0.337. The minimum absolute atomic E-state index is 0.142. The molecule has 2 N–H and O–H groups in total. The summed E-state index contributed by atoms with van der Waals surface area (Å²) in [7, 11) is 0. The maximum atomic E-state index is 11.8. The Hall–Kier alpha value is -0.960. The Morgan fingerprint density at radius 1 is 1.75 bits per heavy atom. The molecular formula is C9H10IN3O3. The summed E-state index contributed by atoms with van der Waals surface area (Å²) in [6.45, 7) is 1.66. The zero-order valence-corrected chi connectivity index (χ0v) is 10.7. The van der Waals surface area contributed by atoms with E-state index in [9.17, 15) is 9.59 Å². The van der Waals surface area contributed by atoms with Crippen LogP contribution >= 0.6 is 22.6 Å². The summed E-state index contributed by atoms with van der Waals surface area (Å²) < 4.78 is 2.01. The first kappa shape index (κ1) is 11.5. The van der Waals surface area contributed by atoms with Gasteiger partial charge in [0.25, 0.3) is 5.91 Å². The lowest BCUT2D eigenvalue weighted by atomic mass is 10.1. The minimum Gasteiger partial charge on any atom is -0.394 e. The second-order valence-electron chi connectivity index (χ2n) is 3.61. The monoisotopic (exact) mass is 335 g/mol. The van der Waals surface area contributed by atoms with Crippen molar-refractivity contribution in [1.29, 1.82) is 0 Å². The van der Waals surface area contributed by atoms with Crippen LogP contribution < -0.4 is 5.32 Å². The number of ketones is 1. The topological polar surface area (TPSA) is 84.2 Å². The van der Waals surface area contributed by atoms with Gasteiger partial charge in [0.15, 0.2) is 5.78 Å². The lowest BCUT2D eigenvalue weighted by Gasteiger charge is -2.23. The highest BCUT2D eigenvalue weighted by atomic mass is 127. The molecule has 0 bridgehead atoms. The zero-order valence-electron chi connectivity index (χ0n) is 8.53. The Morgan fingerprint density at radius 3 is 3.00 bits per heavy atom. The lowest BCUT2D eigenvalue weighted by molar-refractivity contribution is 0.0854. The zero-order chi connectivity index (χ0) is 11.9. The highest BCUT2D eigenvalue weighted by Crippen LogP contribution is 2.20. The van der Waals surface area contributed by atoms with Crippen LogP contribution in [0.15, 0.2) is 0 Å². The van der Waals surface area contributed by atoms with Gasteiger partial charge in [-0.1, -0.05) is 0 Å². The van der Waals surface area contributed by atoms with Gasteiger partial charge in [-0.3, -0.25) is 14.3 Å². The first-order chi connectivity index (χ1) is 7.54. The van der Waals surface area contributed by atoms with Crippen LogP contribution in [0, 0.1) is 3.70 Å². The minimum atomic E-state index is -0.356. The molecule has 1 atom stereocenters. The number of halogens is 1. The molecule has 1 aromatic heterocycles.